The molecule has 0 saturated carbocycles. The Balaban J connectivity index is 1.91. The molecule has 1 amide bonds. The third-order valence-corrected chi connectivity index (χ3v) is 4.42. The number of carbonyl (C=O) groups excluding carboxylic acids is 1. The Morgan fingerprint density at radius 3 is 2.39 bits per heavy atom. The molecular weight excluding hydrogens is 350 g/mol. The van der Waals surface area contributed by atoms with Crippen molar-refractivity contribution in [2.24, 2.45) is 4.99 Å². The zero-order valence-electron chi connectivity index (χ0n) is 17.1. The molecule has 0 saturated heterocycles. The van der Waals surface area contributed by atoms with Crippen molar-refractivity contribution < 1.29 is 4.79 Å². The highest BCUT2D eigenvalue weighted by molar-refractivity contribution is 5.94. The quantitative estimate of drug-likeness (QED) is 0.518. The molecule has 6 heteroatoms. The molecule has 6 nitrogen and oxygen atoms in total. The molecule has 1 aromatic heterocycles. The number of guanidine groups is 1. The van der Waals surface area contributed by atoms with Crippen LogP contribution in [0.1, 0.15) is 42.4 Å². The van der Waals surface area contributed by atoms with Crippen LogP contribution in [0, 0.1) is 0 Å². The summed E-state index contributed by atoms with van der Waals surface area (Å²) in [6, 6.07) is 13.6. The summed E-state index contributed by atoms with van der Waals surface area (Å²) >= 11 is 0. The summed E-state index contributed by atoms with van der Waals surface area (Å²) < 4.78 is 0. The monoisotopic (exact) mass is 381 g/mol. The first-order valence-corrected chi connectivity index (χ1v) is 9.98. The Bertz CT molecular complexity index is 739. The second-order valence-corrected chi connectivity index (χ2v) is 6.37. The predicted molar refractivity (Wildman–Crippen MR) is 114 cm³/mol. The van der Waals surface area contributed by atoms with Gasteiger partial charge in [0.25, 0.3) is 5.91 Å². The van der Waals surface area contributed by atoms with Crippen LogP contribution >= 0.6 is 0 Å². The Labute approximate surface area is 168 Å². The Morgan fingerprint density at radius 2 is 1.79 bits per heavy atom. The van der Waals surface area contributed by atoms with Gasteiger partial charge in [0.15, 0.2) is 5.96 Å². The largest absolute Gasteiger partial charge is 0.357 e. The predicted octanol–water partition coefficient (Wildman–Crippen LogP) is 2.86. The molecule has 2 N–H and O–H groups in total. The highest BCUT2D eigenvalue weighted by atomic mass is 16.2. The molecule has 150 valence electrons. The summed E-state index contributed by atoms with van der Waals surface area (Å²) in [6.45, 7) is 9.59. The van der Waals surface area contributed by atoms with Crippen LogP contribution in [0.4, 0.5) is 0 Å². The lowest BCUT2D eigenvalue weighted by Crippen LogP contribution is -2.38. The molecule has 0 fully saturated rings. The van der Waals surface area contributed by atoms with Crippen LogP contribution in [0.15, 0.2) is 53.7 Å². The van der Waals surface area contributed by atoms with Crippen molar-refractivity contribution >= 4 is 11.9 Å². The van der Waals surface area contributed by atoms with E-state index in [4.69, 9.17) is 0 Å². The van der Waals surface area contributed by atoms with Crippen LogP contribution in [0.5, 0.6) is 0 Å². The minimum atomic E-state index is 0.0737. The number of benzene rings is 1. The second kappa shape index (κ2) is 11.7. The number of carbonyl (C=O) groups is 1. The number of pyridine rings is 1. The number of aromatic nitrogens is 1. The molecule has 0 radical (unpaired) electrons. The summed E-state index contributed by atoms with van der Waals surface area (Å²) in [7, 11) is 0. The average molecular weight is 382 g/mol. The lowest BCUT2D eigenvalue weighted by molar-refractivity contribution is 0.0773. The zero-order chi connectivity index (χ0) is 20.2. The van der Waals surface area contributed by atoms with Gasteiger partial charge >= 0.3 is 0 Å². The number of hydrogen-bond acceptors (Lipinski definition) is 3. The molecule has 0 unspecified atom stereocenters. The minimum absolute atomic E-state index is 0.0737. The molecule has 0 bridgehead atoms. The third-order valence-electron chi connectivity index (χ3n) is 4.42. The van der Waals surface area contributed by atoms with Crippen LogP contribution in [0.2, 0.25) is 0 Å². The van der Waals surface area contributed by atoms with Gasteiger partial charge in [-0.05, 0) is 50.6 Å². The van der Waals surface area contributed by atoms with Crippen molar-refractivity contribution in [3.05, 3.63) is 65.5 Å². The molecule has 1 heterocycles. The molecular formula is C22H31N5O. The van der Waals surface area contributed by atoms with Gasteiger partial charge in [-0.3, -0.25) is 9.78 Å². The van der Waals surface area contributed by atoms with E-state index in [0.717, 1.165) is 55.4 Å². The van der Waals surface area contributed by atoms with Gasteiger partial charge in [-0.15, -0.1) is 0 Å². The molecule has 1 aromatic carbocycles. The van der Waals surface area contributed by atoms with Crippen molar-refractivity contribution in [3.8, 4) is 0 Å². The van der Waals surface area contributed by atoms with Gasteiger partial charge in [-0.1, -0.05) is 18.2 Å². The maximum atomic E-state index is 12.4. The summed E-state index contributed by atoms with van der Waals surface area (Å²) in [5.41, 5.74) is 2.84. The Hall–Kier alpha value is -2.89. The van der Waals surface area contributed by atoms with E-state index < -0.39 is 0 Å². The number of nitrogens with zero attached hydrogens (tertiary/aromatic N) is 3. The average Bonchev–Trinajstić information content (AvgIpc) is 2.74. The van der Waals surface area contributed by atoms with E-state index in [-0.39, 0.29) is 5.91 Å². The zero-order valence-corrected chi connectivity index (χ0v) is 17.1. The van der Waals surface area contributed by atoms with Crippen molar-refractivity contribution in [1.82, 2.24) is 20.5 Å². The third kappa shape index (κ3) is 6.68. The van der Waals surface area contributed by atoms with Crippen LogP contribution in [-0.4, -0.2) is 47.9 Å². The summed E-state index contributed by atoms with van der Waals surface area (Å²) in [5.74, 6) is 0.853. The highest BCUT2D eigenvalue weighted by Gasteiger charge is 2.11. The SMILES string of the molecule is CCNC(=NCc1ccc(C(=O)N(CC)CC)cc1)NCCc1ccccn1. The van der Waals surface area contributed by atoms with Crippen LogP contribution in [0.3, 0.4) is 0 Å². The Kier molecular flexibility index (Phi) is 8.98. The van der Waals surface area contributed by atoms with E-state index in [1.807, 2.05) is 74.3 Å². The fourth-order valence-electron chi connectivity index (χ4n) is 2.81. The van der Waals surface area contributed by atoms with Gasteiger partial charge in [0.2, 0.25) is 0 Å². The van der Waals surface area contributed by atoms with Crippen molar-refractivity contribution in [2.75, 3.05) is 26.2 Å². The number of rotatable bonds is 9. The van der Waals surface area contributed by atoms with Gasteiger partial charge < -0.3 is 15.5 Å². The fraction of sp³-hybridized carbons (Fsp3) is 0.409. The number of amides is 1. The van der Waals surface area contributed by atoms with Crippen molar-refractivity contribution in [1.29, 1.82) is 0 Å². The standard InChI is InChI=1S/C22H31N5O/c1-4-23-22(25-16-14-20-9-7-8-15-24-20)26-17-18-10-12-19(13-11-18)21(28)27(5-2)6-3/h7-13,15H,4-6,14,16-17H2,1-3H3,(H2,23,25,26). The van der Waals surface area contributed by atoms with E-state index in [1.54, 1.807) is 0 Å². The highest BCUT2D eigenvalue weighted by Crippen LogP contribution is 2.09. The molecule has 0 aliphatic carbocycles. The first-order valence-electron chi connectivity index (χ1n) is 9.98. The number of hydrogen-bond donors (Lipinski definition) is 2. The van der Waals surface area contributed by atoms with Gasteiger partial charge in [0.05, 0.1) is 6.54 Å². The fourth-order valence-corrected chi connectivity index (χ4v) is 2.81. The number of aliphatic imine (C=N–C) groups is 1. The normalized spacial score (nSPS) is 11.2. The first-order chi connectivity index (χ1) is 13.7. The molecule has 2 rings (SSSR count). The number of nitrogens with one attached hydrogen (secondary N) is 2. The topological polar surface area (TPSA) is 69.6 Å². The van der Waals surface area contributed by atoms with Gasteiger partial charge in [0.1, 0.15) is 0 Å². The summed E-state index contributed by atoms with van der Waals surface area (Å²) in [4.78, 5) is 23.2. The van der Waals surface area contributed by atoms with Gasteiger partial charge in [-0.2, -0.15) is 0 Å². The summed E-state index contributed by atoms with van der Waals surface area (Å²) in [6.07, 6.45) is 2.65. The van der Waals surface area contributed by atoms with Crippen LogP contribution in [0.25, 0.3) is 0 Å². The lowest BCUT2D eigenvalue weighted by atomic mass is 10.1. The lowest BCUT2D eigenvalue weighted by Gasteiger charge is -2.18. The molecule has 0 spiro atoms. The molecule has 0 atom stereocenters. The van der Waals surface area contributed by atoms with Gasteiger partial charge in [-0.25, -0.2) is 4.99 Å². The van der Waals surface area contributed by atoms with E-state index in [1.165, 1.54) is 0 Å². The second-order valence-electron chi connectivity index (χ2n) is 6.37. The van der Waals surface area contributed by atoms with E-state index in [0.29, 0.717) is 6.54 Å². The Morgan fingerprint density at radius 1 is 1.04 bits per heavy atom. The van der Waals surface area contributed by atoms with Crippen molar-refractivity contribution in [3.63, 3.8) is 0 Å². The minimum Gasteiger partial charge on any atom is -0.357 e. The molecule has 2 aromatic rings. The van der Waals surface area contributed by atoms with Crippen LogP contribution in [-0.2, 0) is 13.0 Å². The molecule has 0 aliphatic heterocycles. The van der Waals surface area contributed by atoms with E-state index in [9.17, 15) is 4.79 Å². The van der Waals surface area contributed by atoms with E-state index >= 15 is 0 Å². The summed E-state index contributed by atoms with van der Waals surface area (Å²) in [5, 5.41) is 6.59. The smallest absolute Gasteiger partial charge is 0.253 e. The molecule has 0 aliphatic rings. The van der Waals surface area contributed by atoms with Gasteiger partial charge in [0, 0.05) is 50.1 Å². The van der Waals surface area contributed by atoms with E-state index in [2.05, 4.69) is 20.6 Å². The molecule has 28 heavy (non-hydrogen) atoms. The first kappa shape index (κ1) is 21.4. The maximum Gasteiger partial charge on any atom is 0.253 e. The van der Waals surface area contributed by atoms with Crippen molar-refractivity contribution in [2.45, 2.75) is 33.7 Å². The van der Waals surface area contributed by atoms with Crippen LogP contribution < -0.4 is 10.6 Å². The maximum absolute atomic E-state index is 12.4.